The Morgan fingerprint density at radius 1 is 1.11 bits per heavy atom. The molecule has 0 fully saturated rings. The fraction of sp³-hybridized carbons (Fsp3) is 0.154. The maximum absolute atomic E-state index is 11.5. The van der Waals surface area contributed by atoms with E-state index in [4.69, 9.17) is 4.74 Å². The predicted molar refractivity (Wildman–Crippen MR) is 64.6 cm³/mol. The van der Waals surface area contributed by atoms with Gasteiger partial charge in [0, 0.05) is 12.4 Å². The van der Waals surface area contributed by atoms with Gasteiger partial charge in [0.15, 0.2) is 0 Å². The molecular formula is C13H12N2O3. The van der Waals surface area contributed by atoms with Crippen LogP contribution in [0.15, 0.2) is 36.7 Å². The van der Waals surface area contributed by atoms with E-state index in [2.05, 4.69) is 14.7 Å². The number of esters is 1. The van der Waals surface area contributed by atoms with Gasteiger partial charge in [-0.25, -0.2) is 14.8 Å². The molecule has 92 valence electrons. The van der Waals surface area contributed by atoms with Gasteiger partial charge in [-0.05, 0) is 19.1 Å². The molecule has 0 bridgehead atoms. The molecule has 0 aliphatic rings. The summed E-state index contributed by atoms with van der Waals surface area (Å²) in [7, 11) is 1.28. The molecule has 0 atom stereocenters. The fourth-order valence-electron chi connectivity index (χ4n) is 1.35. The maximum atomic E-state index is 11.5. The standard InChI is InChI=1S/C13H12N2O3/c1-9-3-5-10(6-4-9)18-12-11(13(16)17-2)14-7-8-15-12/h3-8H,1-2H3. The summed E-state index contributed by atoms with van der Waals surface area (Å²) in [5, 5.41) is 0. The smallest absolute Gasteiger partial charge is 0.362 e. The molecule has 0 amide bonds. The van der Waals surface area contributed by atoms with Crippen molar-refractivity contribution in [2.45, 2.75) is 6.92 Å². The van der Waals surface area contributed by atoms with Crippen LogP contribution in [-0.2, 0) is 4.74 Å². The number of hydrogen-bond donors (Lipinski definition) is 0. The van der Waals surface area contributed by atoms with Crippen molar-refractivity contribution < 1.29 is 14.3 Å². The van der Waals surface area contributed by atoms with Crippen LogP contribution < -0.4 is 4.74 Å². The molecule has 5 nitrogen and oxygen atoms in total. The van der Waals surface area contributed by atoms with E-state index >= 15 is 0 Å². The van der Waals surface area contributed by atoms with Crippen molar-refractivity contribution >= 4 is 5.97 Å². The summed E-state index contributed by atoms with van der Waals surface area (Å²) >= 11 is 0. The minimum Gasteiger partial charge on any atom is -0.464 e. The number of hydrogen-bond acceptors (Lipinski definition) is 5. The van der Waals surface area contributed by atoms with Gasteiger partial charge in [-0.3, -0.25) is 0 Å². The summed E-state index contributed by atoms with van der Waals surface area (Å²) in [6.07, 6.45) is 2.87. The Bertz CT molecular complexity index is 552. The van der Waals surface area contributed by atoms with Crippen LogP contribution in [0.25, 0.3) is 0 Å². The lowest BCUT2D eigenvalue weighted by Gasteiger charge is -2.07. The van der Waals surface area contributed by atoms with E-state index in [9.17, 15) is 4.79 Å². The van der Waals surface area contributed by atoms with E-state index in [1.54, 1.807) is 12.1 Å². The highest BCUT2D eigenvalue weighted by atomic mass is 16.5. The van der Waals surface area contributed by atoms with Crippen LogP contribution in [0.5, 0.6) is 11.6 Å². The Kier molecular flexibility index (Phi) is 3.52. The number of methoxy groups -OCH3 is 1. The van der Waals surface area contributed by atoms with Crippen molar-refractivity contribution in [3.8, 4) is 11.6 Å². The summed E-state index contributed by atoms with van der Waals surface area (Å²) < 4.78 is 10.1. The Morgan fingerprint density at radius 2 is 1.78 bits per heavy atom. The lowest BCUT2D eigenvalue weighted by atomic mass is 10.2. The molecule has 0 saturated carbocycles. The Morgan fingerprint density at radius 3 is 2.44 bits per heavy atom. The number of aromatic nitrogens is 2. The average molecular weight is 244 g/mol. The summed E-state index contributed by atoms with van der Waals surface area (Å²) in [6, 6.07) is 7.41. The molecular weight excluding hydrogens is 232 g/mol. The molecule has 0 radical (unpaired) electrons. The van der Waals surface area contributed by atoms with Crippen LogP contribution in [0.1, 0.15) is 16.1 Å². The molecule has 0 aliphatic heterocycles. The lowest BCUT2D eigenvalue weighted by Crippen LogP contribution is -2.07. The zero-order chi connectivity index (χ0) is 13.0. The third-order valence-electron chi connectivity index (χ3n) is 2.28. The summed E-state index contributed by atoms with van der Waals surface area (Å²) in [5.41, 5.74) is 1.18. The van der Waals surface area contributed by atoms with Gasteiger partial charge in [0.2, 0.25) is 5.69 Å². The van der Waals surface area contributed by atoms with E-state index in [-0.39, 0.29) is 11.6 Å². The second-order valence-electron chi connectivity index (χ2n) is 3.62. The molecule has 18 heavy (non-hydrogen) atoms. The third-order valence-corrected chi connectivity index (χ3v) is 2.28. The molecule has 1 aromatic carbocycles. The van der Waals surface area contributed by atoms with Gasteiger partial charge in [0.05, 0.1) is 7.11 Å². The van der Waals surface area contributed by atoms with Crippen LogP contribution in [-0.4, -0.2) is 23.0 Å². The summed E-state index contributed by atoms with van der Waals surface area (Å²) in [4.78, 5) is 19.4. The van der Waals surface area contributed by atoms with Crippen LogP contribution in [0.3, 0.4) is 0 Å². The number of aryl methyl sites for hydroxylation is 1. The molecule has 0 unspecified atom stereocenters. The SMILES string of the molecule is COC(=O)c1nccnc1Oc1ccc(C)cc1. The normalized spacial score (nSPS) is 9.89. The zero-order valence-electron chi connectivity index (χ0n) is 10.1. The van der Waals surface area contributed by atoms with Gasteiger partial charge in [0.1, 0.15) is 5.75 Å². The first kappa shape index (κ1) is 12.0. The minimum absolute atomic E-state index is 0.0561. The van der Waals surface area contributed by atoms with Gasteiger partial charge >= 0.3 is 5.97 Å². The predicted octanol–water partition coefficient (Wildman–Crippen LogP) is 2.36. The monoisotopic (exact) mass is 244 g/mol. The highest BCUT2D eigenvalue weighted by Gasteiger charge is 2.16. The number of carbonyl (C=O) groups is 1. The molecule has 5 heteroatoms. The fourth-order valence-corrected chi connectivity index (χ4v) is 1.35. The first-order valence-electron chi connectivity index (χ1n) is 5.34. The van der Waals surface area contributed by atoms with E-state index in [1.807, 2.05) is 19.1 Å². The van der Waals surface area contributed by atoms with E-state index in [0.29, 0.717) is 5.75 Å². The highest BCUT2D eigenvalue weighted by Crippen LogP contribution is 2.22. The number of rotatable bonds is 3. The van der Waals surface area contributed by atoms with Crippen LogP contribution in [0, 0.1) is 6.92 Å². The third kappa shape index (κ3) is 2.63. The van der Waals surface area contributed by atoms with Crippen molar-refractivity contribution in [3.05, 3.63) is 47.9 Å². The number of carbonyl (C=O) groups excluding carboxylic acids is 1. The number of ether oxygens (including phenoxy) is 2. The molecule has 0 saturated heterocycles. The number of nitrogens with zero attached hydrogens (tertiary/aromatic N) is 2. The topological polar surface area (TPSA) is 61.3 Å². The quantitative estimate of drug-likeness (QED) is 0.775. The van der Waals surface area contributed by atoms with Gasteiger partial charge in [-0.15, -0.1) is 0 Å². The van der Waals surface area contributed by atoms with Crippen molar-refractivity contribution in [2.24, 2.45) is 0 Å². The van der Waals surface area contributed by atoms with Gasteiger partial charge in [0.25, 0.3) is 5.88 Å². The average Bonchev–Trinajstić information content (AvgIpc) is 2.41. The maximum Gasteiger partial charge on any atom is 0.362 e. The highest BCUT2D eigenvalue weighted by molar-refractivity contribution is 5.89. The molecule has 0 spiro atoms. The van der Waals surface area contributed by atoms with Crippen molar-refractivity contribution in [2.75, 3.05) is 7.11 Å². The second-order valence-corrected chi connectivity index (χ2v) is 3.62. The van der Waals surface area contributed by atoms with Crippen molar-refractivity contribution in [1.29, 1.82) is 0 Å². The van der Waals surface area contributed by atoms with E-state index < -0.39 is 5.97 Å². The summed E-state index contributed by atoms with van der Waals surface area (Å²) in [6.45, 7) is 1.98. The first-order valence-corrected chi connectivity index (χ1v) is 5.34. The molecule has 1 aromatic heterocycles. The first-order chi connectivity index (χ1) is 8.70. The second kappa shape index (κ2) is 5.27. The van der Waals surface area contributed by atoms with Crippen molar-refractivity contribution in [1.82, 2.24) is 9.97 Å². The van der Waals surface area contributed by atoms with Crippen LogP contribution >= 0.6 is 0 Å². The largest absolute Gasteiger partial charge is 0.464 e. The molecule has 0 aliphatic carbocycles. The minimum atomic E-state index is -0.579. The van der Waals surface area contributed by atoms with E-state index in [0.717, 1.165) is 5.56 Å². The van der Waals surface area contributed by atoms with Crippen LogP contribution in [0.2, 0.25) is 0 Å². The lowest BCUT2D eigenvalue weighted by molar-refractivity contribution is 0.0590. The molecule has 2 rings (SSSR count). The van der Waals surface area contributed by atoms with E-state index in [1.165, 1.54) is 19.5 Å². The summed E-state index contributed by atoms with van der Waals surface area (Å²) in [5.74, 6) is 0.143. The van der Waals surface area contributed by atoms with Gasteiger partial charge in [-0.1, -0.05) is 17.7 Å². The Balaban J connectivity index is 2.28. The van der Waals surface area contributed by atoms with Crippen LogP contribution in [0.4, 0.5) is 0 Å². The molecule has 1 heterocycles. The van der Waals surface area contributed by atoms with Gasteiger partial charge < -0.3 is 9.47 Å². The Hall–Kier alpha value is -2.43. The zero-order valence-corrected chi connectivity index (χ0v) is 10.1. The number of benzene rings is 1. The van der Waals surface area contributed by atoms with Crippen molar-refractivity contribution in [3.63, 3.8) is 0 Å². The molecule has 2 aromatic rings. The Labute approximate surface area is 104 Å². The molecule has 0 N–H and O–H groups in total. The van der Waals surface area contributed by atoms with Gasteiger partial charge in [-0.2, -0.15) is 0 Å².